The fourth-order valence-corrected chi connectivity index (χ4v) is 2.49. The van der Waals surface area contributed by atoms with Gasteiger partial charge in [0.05, 0.1) is 5.69 Å². The molecule has 0 radical (unpaired) electrons. The van der Waals surface area contributed by atoms with Gasteiger partial charge in [0.1, 0.15) is 5.60 Å². The number of aromatic nitrogens is 2. The number of rotatable bonds is 3. The Bertz CT molecular complexity index is 541. The Balaban J connectivity index is 1.84. The van der Waals surface area contributed by atoms with E-state index in [0.717, 1.165) is 37.3 Å². The maximum absolute atomic E-state index is 11.8. The third-order valence-corrected chi connectivity index (χ3v) is 3.33. The SMILES string of the molecule is CC(CN1CCc2nc(N)ncc2C1)NC(=O)OC(C)(C)C. The van der Waals surface area contributed by atoms with Crippen molar-refractivity contribution in [1.82, 2.24) is 20.2 Å². The number of hydrogen-bond donors (Lipinski definition) is 2. The fraction of sp³-hybridized carbons (Fsp3) is 0.667. The van der Waals surface area contributed by atoms with Crippen molar-refractivity contribution >= 4 is 12.0 Å². The number of fused-ring (bicyclic) bond motifs is 1. The zero-order chi connectivity index (χ0) is 16.3. The highest BCUT2D eigenvalue weighted by Crippen LogP contribution is 2.17. The van der Waals surface area contributed by atoms with Gasteiger partial charge in [-0.2, -0.15) is 0 Å². The van der Waals surface area contributed by atoms with E-state index in [0.29, 0.717) is 5.95 Å². The van der Waals surface area contributed by atoms with Crippen LogP contribution in [-0.2, 0) is 17.7 Å². The van der Waals surface area contributed by atoms with Crippen LogP contribution >= 0.6 is 0 Å². The molecule has 1 unspecified atom stereocenters. The van der Waals surface area contributed by atoms with Gasteiger partial charge >= 0.3 is 6.09 Å². The van der Waals surface area contributed by atoms with Crippen LogP contribution in [0.1, 0.15) is 39.0 Å². The van der Waals surface area contributed by atoms with Gasteiger partial charge in [-0.25, -0.2) is 14.8 Å². The lowest BCUT2D eigenvalue weighted by Crippen LogP contribution is -2.45. The van der Waals surface area contributed by atoms with Crippen LogP contribution in [0.4, 0.5) is 10.7 Å². The molecule has 2 heterocycles. The maximum Gasteiger partial charge on any atom is 0.407 e. The predicted molar refractivity (Wildman–Crippen MR) is 84.3 cm³/mol. The topological polar surface area (TPSA) is 93.4 Å². The number of nitrogens with two attached hydrogens (primary N) is 1. The molecule has 3 N–H and O–H groups in total. The average Bonchev–Trinajstić information content (AvgIpc) is 2.36. The number of amides is 1. The lowest BCUT2D eigenvalue weighted by molar-refractivity contribution is 0.0495. The van der Waals surface area contributed by atoms with Crippen molar-refractivity contribution in [2.24, 2.45) is 0 Å². The second-order valence-electron chi connectivity index (χ2n) is 6.73. The van der Waals surface area contributed by atoms with Crippen LogP contribution in [0.3, 0.4) is 0 Å². The molecule has 7 heteroatoms. The number of nitrogens with one attached hydrogen (secondary N) is 1. The number of carbonyl (C=O) groups is 1. The molecule has 0 saturated carbocycles. The van der Waals surface area contributed by atoms with Crippen molar-refractivity contribution in [1.29, 1.82) is 0 Å². The van der Waals surface area contributed by atoms with E-state index < -0.39 is 5.60 Å². The molecule has 1 aliphatic heterocycles. The van der Waals surface area contributed by atoms with Crippen molar-refractivity contribution in [2.45, 2.75) is 52.3 Å². The summed E-state index contributed by atoms with van der Waals surface area (Å²) in [6.45, 7) is 9.95. The third kappa shape index (κ3) is 4.84. The molecule has 1 aromatic rings. The number of nitrogens with zero attached hydrogens (tertiary/aromatic N) is 3. The van der Waals surface area contributed by atoms with E-state index in [-0.39, 0.29) is 12.1 Å². The first-order chi connectivity index (χ1) is 10.2. The minimum absolute atomic E-state index is 0.00565. The molecule has 22 heavy (non-hydrogen) atoms. The summed E-state index contributed by atoms with van der Waals surface area (Å²) in [5.74, 6) is 0.326. The fourth-order valence-electron chi connectivity index (χ4n) is 2.49. The minimum atomic E-state index is -0.481. The molecule has 0 fully saturated rings. The van der Waals surface area contributed by atoms with Crippen LogP contribution in [0.2, 0.25) is 0 Å². The summed E-state index contributed by atoms with van der Waals surface area (Å²) in [5.41, 5.74) is 7.25. The Kier molecular flexibility index (Phi) is 4.85. The van der Waals surface area contributed by atoms with Crippen LogP contribution in [0.25, 0.3) is 0 Å². The van der Waals surface area contributed by atoms with Gasteiger partial charge in [0.25, 0.3) is 0 Å². The van der Waals surface area contributed by atoms with Crippen molar-refractivity contribution in [3.05, 3.63) is 17.5 Å². The number of hydrogen-bond acceptors (Lipinski definition) is 6. The molecular formula is C15H25N5O2. The van der Waals surface area contributed by atoms with Crippen molar-refractivity contribution in [2.75, 3.05) is 18.8 Å². The van der Waals surface area contributed by atoms with E-state index in [1.807, 2.05) is 27.7 Å². The number of carbonyl (C=O) groups excluding carboxylic acids is 1. The summed E-state index contributed by atoms with van der Waals surface area (Å²) in [6, 6.07) is 0.00565. The molecule has 7 nitrogen and oxygen atoms in total. The van der Waals surface area contributed by atoms with Crippen LogP contribution in [0, 0.1) is 0 Å². The van der Waals surface area contributed by atoms with Crippen LogP contribution < -0.4 is 11.1 Å². The Hall–Kier alpha value is -1.89. The lowest BCUT2D eigenvalue weighted by atomic mass is 10.1. The van der Waals surface area contributed by atoms with Gasteiger partial charge in [-0.3, -0.25) is 4.90 Å². The average molecular weight is 307 g/mol. The highest BCUT2D eigenvalue weighted by Gasteiger charge is 2.22. The Morgan fingerprint density at radius 2 is 2.27 bits per heavy atom. The molecule has 1 amide bonds. The predicted octanol–water partition coefficient (Wildman–Crippen LogP) is 1.33. The number of alkyl carbamates (subject to hydrolysis) is 1. The Morgan fingerprint density at radius 3 is 2.95 bits per heavy atom. The summed E-state index contributed by atoms with van der Waals surface area (Å²) in [7, 11) is 0. The van der Waals surface area contributed by atoms with E-state index in [9.17, 15) is 4.79 Å². The van der Waals surface area contributed by atoms with Crippen molar-refractivity contribution < 1.29 is 9.53 Å². The second-order valence-corrected chi connectivity index (χ2v) is 6.73. The number of anilines is 1. The normalized spacial score (nSPS) is 16.7. The zero-order valence-electron chi connectivity index (χ0n) is 13.7. The second kappa shape index (κ2) is 6.48. The maximum atomic E-state index is 11.8. The Morgan fingerprint density at radius 1 is 1.55 bits per heavy atom. The quantitative estimate of drug-likeness (QED) is 0.875. The van der Waals surface area contributed by atoms with Crippen molar-refractivity contribution in [3.63, 3.8) is 0 Å². The number of ether oxygens (including phenoxy) is 1. The molecular weight excluding hydrogens is 282 g/mol. The highest BCUT2D eigenvalue weighted by atomic mass is 16.6. The first-order valence-electron chi connectivity index (χ1n) is 7.55. The summed E-state index contributed by atoms with van der Waals surface area (Å²) < 4.78 is 5.26. The summed E-state index contributed by atoms with van der Waals surface area (Å²) in [4.78, 5) is 22.3. The lowest BCUT2D eigenvalue weighted by Gasteiger charge is -2.30. The van der Waals surface area contributed by atoms with E-state index in [1.165, 1.54) is 0 Å². The molecule has 0 saturated heterocycles. The minimum Gasteiger partial charge on any atom is -0.444 e. The first kappa shape index (κ1) is 16.5. The molecule has 2 rings (SSSR count). The van der Waals surface area contributed by atoms with Gasteiger partial charge in [-0.05, 0) is 27.7 Å². The summed E-state index contributed by atoms with van der Waals surface area (Å²) in [6.07, 6.45) is 2.25. The smallest absolute Gasteiger partial charge is 0.407 e. The van der Waals surface area contributed by atoms with E-state index in [1.54, 1.807) is 6.20 Å². The summed E-state index contributed by atoms with van der Waals surface area (Å²) in [5, 5.41) is 2.86. The first-order valence-corrected chi connectivity index (χ1v) is 7.55. The van der Waals surface area contributed by atoms with Crippen LogP contribution in [-0.4, -0.2) is 45.7 Å². The van der Waals surface area contributed by atoms with Crippen molar-refractivity contribution in [3.8, 4) is 0 Å². The summed E-state index contributed by atoms with van der Waals surface area (Å²) >= 11 is 0. The van der Waals surface area contributed by atoms with Gasteiger partial charge in [0, 0.05) is 43.9 Å². The highest BCUT2D eigenvalue weighted by molar-refractivity contribution is 5.68. The Labute approximate surface area is 131 Å². The standard InChI is InChI=1S/C15H25N5O2/c1-10(18-14(21)22-15(2,3)4)8-20-6-5-12-11(9-20)7-17-13(16)19-12/h7,10H,5-6,8-9H2,1-4H3,(H,18,21)(H2,16,17,19). The molecule has 1 aliphatic rings. The van der Waals surface area contributed by atoms with Gasteiger partial charge < -0.3 is 15.8 Å². The van der Waals surface area contributed by atoms with Gasteiger partial charge in [-0.1, -0.05) is 0 Å². The van der Waals surface area contributed by atoms with Crippen LogP contribution in [0.5, 0.6) is 0 Å². The third-order valence-electron chi connectivity index (χ3n) is 3.33. The molecule has 0 bridgehead atoms. The molecule has 122 valence electrons. The molecule has 0 spiro atoms. The molecule has 1 aromatic heterocycles. The zero-order valence-corrected chi connectivity index (χ0v) is 13.7. The van der Waals surface area contributed by atoms with Gasteiger partial charge in [0.2, 0.25) is 5.95 Å². The number of nitrogen functional groups attached to an aromatic ring is 1. The van der Waals surface area contributed by atoms with E-state index >= 15 is 0 Å². The molecule has 0 aliphatic carbocycles. The van der Waals surface area contributed by atoms with Gasteiger partial charge in [0.15, 0.2) is 0 Å². The molecule has 0 aromatic carbocycles. The van der Waals surface area contributed by atoms with Crippen LogP contribution in [0.15, 0.2) is 6.20 Å². The monoisotopic (exact) mass is 307 g/mol. The van der Waals surface area contributed by atoms with E-state index in [2.05, 4.69) is 20.2 Å². The van der Waals surface area contributed by atoms with Gasteiger partial charge in [-0.15, -0.1) is 0 Å². The largest absolute Gasteiger partial charge is 0.444 e. The van der Waals surface area contributed by atoms with E-state index in [4.69, 9.17) is 10.5 Å². The molecule has 1 atom stereocenters.